The second-order valence-electron chi connectivity index (χ2n) is 27.3. The highest BCUT2D eigenvalue weighted by Crippen LogP contribution is 2.83. The van der Waals surface area contributed by atoms with Crippen molar-refractivity contribution in [3.63, 3.8) is 0 Å². The fraction of sp³-hybridized carbons (Fsp3) is 0.586. The van der Waals surface area contributed by atoms with Gasteiger partial charge in [0.1, 0.15) is 0 Å². The van der Waals surface area contributed by atoms with Gasteiger partial charge in [0, 0.05) is 0 Å². The number of carbonyl (C=O) groups excluding carboxylic acids is 24. The average molecular weight is 1320 g/mol. The lowest BCUT2D eigenvalue weighted by Crippen LogP contribution is -2.77. The average Bonchev–Trinajstić information content (AvgIpc) is 1.39. The maximum atomic E-state index is 12.0. The first-order valence-corrected chi connectivity index (χ1v) is 28.6. The molecule has 6 saturated carbocycles. The van der Waals surface area contributed by atoms with Crippen LogP contribution in [-0.4, -0.2) is 143 Å². The number of hydrogen-bond donors (Lipinski definition) is 0. The van der Waals surface area contributed by atoms with Crippen LogP contribution in [-0.2, 0) is 172 Å². The molecule has 492 valence electrons. The predicted octanol–water partition coefficient (Wildman–Crippen LogP) is -4.31. The minimum Gasteiger partial charge on any atom is -0.393 e. The van der Waals surface area contributed by atoms with Crippen LogP contribution in [0.5, 0.6) is 0 Å². The van der Waals surface area contributed by atoms with Crippen molar-refractivity contribution in [1.82, 2.24) is 0 Å². The maximum Gasteiger partial charge on any atom is 0.321 e. The second kappa shape index (κ2) is 18.3. The highest BCUT2D eigenvalue weighted by Gasteiger charge is 2.98. The van der Waals surface area contributed by atoms with Crippen molar-refractivity contribution in [3.8, 4) is 0 Å². The Morgan fingerprint density at radius 3 is 0.787 bits per heavy atom. The van der Waals surface area contributed by atoms with E-state index in [-0.39, 0.29) is 6.42 Å². The third-order valence-corrected chi connectivity index (χ3v) is 24.5. The molecule has 6 aliphatic carbocycles. The van der Waals surface area contributed by atoms with Gasteiger partial charge in [-0.2, -0.15) is 0 Å². The second-order valence-corrected chi connectivity index (χ2v) is 27.3. The van der Waals surface area contributed by atoms with Crippen molar-refractivity contribution in [2.45, 2.75) is 68.7 Å². The Bertz CT molecular complexity index is 3730. The van der Waals surface area contributed by atoms with Crippen LogP contribution in [0, 0.1) is 138 Å². The number of esters is 24. The number of carbonyl (C=O) groups is 24. The Balaban J connectivity index is 0.000000103. The summed E-state index contributed by atoms with van der Waals surface area (Å²) >= 11 is 0. The number of rotatable bonds is 0. The van der Waals surface area contributed by atoms with Crippen molar-refractivity contribution in [2.24, 2.45) is 138 Å². The van der Waals surface area contributed by atoms with Crippen LogP contribution in [0.2, 0.25) is 0 Å². The molecule has 0 N–H and O–H groups in total. The molecule has 0 amide bonds. The summed E-state index contributed by atoms with van der Waals surface area (Å²) in [7, 11) is 0. The standard InChI is InChI=1S/C12H12O6.2C10H8O6.2C9H6O6.C8H4O6/c1-9-5(13)17-6(14)10(9,2)12(4)8(16)18-7(15)11(9,12)3;1-9-3(5(11)15-7(9)13)10(2)4(9)6(12)16-8(10)14;1-9-3-4(6(12)15-5(3)11)10(9,2)8(14)16-7(9)13;1-9-3-2(5(10)14-6(3)11)4(9)7(12)15-8(9)13;10-6-2-1-3-5(4(2)8(12)14-6)9(13)15-7(3)11;9-5-1-2(6(10)13-5)4-3(1)7(11)14-8(4)12/h1-4H3;2*3-4H,1-2H3;2-4H,1H3;2-5H,1H2;1-4H. The summed E-state index contributed by atoms with van der Waals surface area (Å²) in [5.74, 6) is -29.4. The van der Waals surface area contributed by atoms with Crippen LogP contribution >= 0.6 is 0 Å². The SMILES string of the molecule is CC12C(=O)OC(=O)C1(C)C1(C)C(=O)OC(=O)C21C.CC12C(=O)OC(=O)C1(C)C1C(=O)OC(=O)C12.CC12C(=O)OC(=O)C1C1(C)C(=O)OC(=O)C21.CC12C(=O)OC(=O)C1C1C(=O)OC(=O)C12.O=C1OC(=O)C2C1C1C(=O)OC(=O)C21.O=C1OC(=O)C2C1CC1C(=O)OC(=O)C12. The summed E-state index contributed by atoms with van der Waals surface area (Å²) in [6.07, 6.45) is 0.185. The normalized spacial score (nSPS) is 47.9. The molecular weight excluding hydrogens is 1270 g/mol. The molecule has 0 aromatic rings. The minimum atomic E-state index is -1.35. The fourth-order valence-corrected chi connectivity index (χ4v) is 18.6. The lowest BCUT2D eigenvalue weighted by atomic mass is 9.27. The van der Waals surface area contributed by atoms with Gasteiger partial charge in [-0.15, -0.1) is 0 Å². The van der Waals surface area contributed by atoms with Gasteiger partial charge in [-0.05, 0) is 68.7 Å². The molecule has 0 aromatic carbocycles. The van der Waals surface area contributed by atoms with E-state index in [1.54, 1.807) is 0 Å². The smallest absolute Gasteiger partial charge is 0.321 e. The molecule has 12 aliphatic heterocycles. The number of cyclic esters (lactones) is 24. The van der Waals surface area contributed by atoms with Crippen LogP contribution in [0.1, 0.15) is 68.7 Å². The van der Waals surface area contributed by atoms with Crippen molar-refractivity contribution in [1.29, 1.82) is 0 Å². The molecule has 0 spiro atoms. The van der Waals surface area contributed by atoms with Gasteiger partial charge < -0.3 is 56.8 Å². The van der Waals surface area contributed by atoms with Crippen LogP contribution in [0.15, 0.2) is 0 Å². The van der Waals surface area contributed by atoms with Crippen molar-refractivity contribution in [2.75, 3.05) is 0 Å². The van der Waals surface area contributed by atoms with E-state index in [1.807, 2.05) is 0 Å². The monoisotopic (exact) mass is 1320 g/mol. The summed E-state index contributed by atoms with van der Waals surface area (Å²) in [5.41, 5.74) is -11.6. The third-order valence-electron chi connectivity index (χ3n) is 24.5. The Morgan fingerprint density at radius 2 is 0.447 bits per heavy atom. The minimum absolute atomic E-state index is 0.185. The number of ether oxygens (including phenoxy) is 12. The Morgan fingerprint density at radius 1 is 0.213 bits per heavy atom. The highest BCUT2D eigenvalue weighted by molar-refractivity contribution is 6.19. The Labute approximate surface area is 520 Å². The van der Waals surface area contributed by atoms with E-state index in [4.69, 9.17) is 0 Å². The van der Waals surface area contributed by atoms with E-state index in [0.29, 0.717) is 0 Å². The number of fused-ring (bicyclic) bond motifs is 23. The molecule has 0 radical (unpaired) electrons. The summed E-state index contributed by atoms with van der Waals surface area (Å²) in [6, 6.07) is 0. The number of hydrogen-bond acceptors (Lipinski definition) is 36. The van der Waals surface area contributed by atoms with Gasteiger partial charge in [-0.3, -0.25) is 115 Å². The third kappa shape index (κ3) is 6.38. The van der Waals surface area contributed by atoms with Gasteiger partial charge >= 0.3 is 143 Å². The van der Waals surface area contributed by atoms with E-state index in [1.165, 1.54) is 62.3 Å². The molecule has 18 rings (SSSR count). The Kier molecular flexibility index (Phi) is 12.2. The first-order valence-electron chi connectivity index (χ1n) is 28.6. The maximum absolute atomic E-state index is 12.0. The molecule has 94 heavy (non-hydrogen) atoms. The van der Waals surface area contributed by atoms with E-state index in [0.717, 1.165) is 0 Å². The van der Waals surface area contributed by atoms with E-state index in [9.17, 15) is 115 Å². The first-order chi connectivity index (χ1) is 43.5. The van der Waals surface area contributed by atoms with Crippen molar-refractivity contribution >= 4 is 143 Å². The van der Waals surface area contributed by atoms with Crippen molar-refractivity contribution in [3.05, 3.63) is 0 Å². The zero-order chi connectivity index (χ0) is 69.2. The fourth-order valence-electron chi connectivity index (χ4n) is 18.6. The van der Waals surface area contributed by atoms with E-state index < -0.39 is 281 Å². The van der Waals surface area contributed by atoms with Gasteiger partial charge in [0.2, 0.25) is 0 Å². The zero-order valence-electron chi connectivity index (χ0n) is 49.6. The molecular formula is C58H44O36. The topological polar surface area (TPSA) is 520 Å². The molecule has 12 unspecified atom stereocenters. The summed E-state index contributed by atoms with van der Waals surface area (Å²) in [6.45, 7) is 13.3. The first kappa shape index (κ1) is 62.5. The molecule has 12 saturated heterocycles. The molecule has 12 atom stereocenters. The quantitative estimate of drug-likeness (QED) is 0.126. The van der Waals surface area contributed by atoms with E-state index >= 15 is 0 Å². The molecule has 36 nitrogen and oxygen atoms in total. The van der Waals surface area contributed by atoms with Gasteiger partial charge in [0.15, 0.2) is 0 Å². The Hall–Kier alpha value is -10.3. The largest absolute Gasteiger partial charge is 0.393 e. The van der Waals surface area contributed by atoms with Gasteiger partial charge in [-0.1, -0.05) is 0 Å². The van der Waals surface area contributed by atoms with Gasteiger partial charge in [0.25, 0.3) is 0 Å². The predicted molar refractivity (Wildman–Crippen MR) is 263 cm³/mol. The van der Waals surface area contributed by atoms with Crippen molar-refractivity contribution < 1.29 is 172 Å². The van der Waals surface area contributed by atoms with Crippen LogP contribution in [0.25, 0.3) is 0 Å². The van der Waals surface area contributed by atoms with Gasteiger partial charge in [-0.25, -0.2) is 0 Å². The van der Waals surface area contributed by atoms with Crippen LogP contribution in [0.3, 0.4) is 0 Å². The molecule has 0 bridgehead atoms. The summed E-state index contributed by atoms with van der Waals surface area (Å²) in [4.78, 5) is 274. The lowest BCUT2D eigenvalue weighted by Gasteiger charge is -2.65. The molecule has 18 aliphatic rings. The molecule has 12 heterocycles. The lowest BCUT2D eigenvalue weighted by molar-refractivity contribution is -0.243. The molecule has 36 heteroatoms. The summed E-state index contributed by atoms with van der Waals surface area (Å²) in [5, 5.41) is 0. The highest BCUT2D eigenvalue weighted by atomic mass is 16.6. The molecule has 18 fully saturated rings. The van der Waals surface area contributed by atoms with Gasteiger partial charge in [0.05, 0.1) is 138 Å². The zero-order valence-corrected chi connectivity index (χ0v) is 49.6. The summed E-state index contributed by atoms with van der Waals surface area (Å²) < 4.78 is 53.8. The van der Waals surface area contributed by atoms with Crippen LogP contribution in [0.4, 0.5) is 0 Å². The van der Waals surface area contributed by atoms with E-state index in [2.05, 4.69) is 56.8 Å². The molecule has 0 aromatic heterocycles. The van der Waals surface area contributed by atoms with Crippen LogP contribution < -0.4 is 0 Å².